The lowest BCUT2D eigenvalue weighted by molar-refractivity contribution is 0.168. The van der Waals surface area contributed by atoms with Gasteiger partial charge in [0.2, 0.25) is 0 Å². The molecular formula is C16H26N4O2S. The van der Waals surface area contributed by atoms with Crippen molar-refractivity contribution in [2.45, 2.75) is 26.3 Å². The highest BCUT2D eigenvalue weighted by Gasteiger charge is 2.34. The van der Waals surface area contributed by atoms with Crippen LogP contribution in [0.5, 0.6) is 0 Å². The van der Waals surface area contributed by atoms with Crippen molar-refractivity contribution in [1.82, 2.24) is 18.5 Å². The number of rotatable bonds is 4. The van der Waals surface area contributed by atoms with Crippen LogP contribution in [0, 0.1) is 5.92 Å². The van der Waals surface area contributed by atoms with E-state index in [1.54, 1.807) is 14.8 Å². The van der Waals surface area contributed by atoms with E-state index in [0.717, 1.165) is 38.2 Å². The van der Waals surface area contributed by atoms with Gasteiger partial charge in [-0.2, -0.15) is 17.0 Å². The van der Waals surface area contributed by atoms with Gasteiger partial charge in [-0.05, 0) is 30.9 Å². The van der Waals surface area contributed by atoms with Crippen molar-refractivity contribution in [1.29, 1.82) is 0 Å². The molecule has 0 radical (unpaired) electrons. The van der Waals surface area contributed by atoms with Gasteiger partial charge in [-0.1, -0.05) is 13.0 Å². The lowest BCUT2D eigenvalue weighted by Crippen LogP contribution is -2.54. The quantitative estimate of drug-likeness (QED) is 0.827. The van der Waals surface area contributed by atoms with Crippen LogP contribution in [0.4, 0.5) is 0 Å². The highest BCUT2D eigenvalue weighted by atomic mass is 32.2. The van der Waals surface area contributed by atoms with E-state index >= 15 is 0 Å². The first-order chi connectivity index (χ1) is 11.1. The summed E-state index contributed by atoms with van der Waals surface area (Å²) in [4.78, 5) is 6.61. The van der Waals surface area contributed by atoms with Crippen molar-refractivity contribution < 1.29 is 8.42 Å². The first kappa shape index (κ1) is 16.8. The van der Waals surface area contributed by atoms with Gasteiger partial charge in [0.15, 0.2) is 0 Å². The van der Waals surface area contributed by atoms with E-state index in [2.05, 4.69) is 16.8 Å². The molecule has 1 aromatic rings. The second kappa shape index (κ2) is 7.25. The number of hydrogen-bond acceptors (Lipinski definition) is 4. The Morgan fingerprint density at radius 1 is 1.13 bits per heavy atom. The molecule has 6 nitrogen and oxygen atoms in total. The Morgan fingerprint density at radius 2 is 1.91 bits per heavy atom. The molecule has 0 aromatic carbocycles. The second-order valence-electron chi connectivity index (χ2n) is 6.61. The number of pyridine rings is 1. The zero-order valence-electron chi connectivity index (χ0n) is 13.8. The first-order valence-corrected chi connectivity index (χ1v) is 9.83. The van der Waals surface area contributed by atoms with Gasteiger partial charge >= 0.3 is 0 Å². The van der Waals surface area contributed by atoms with Crippen LogP contribution in [0.1, 0.15) is 25.5 Å². The molecule has 2 fully saturated rings. The van der Waals surface area contributed by atoms with E-state index in [-0.39, 0.29) is 0 Å². The number of piperazine rings is 1. The Kier molecular flexibility index (Phi) is 5.31. The summed E-state index contributed by atoms with van der Waals surface area (Å²) in [7, 11) is -3.29. The molecule has 7 heteroatoms. The van der Waals surface area contributed by atoms with Crippen LogP contribution in [0.3, 0.4) is 0 Å². The average molecular weight is 338 g/mol. The number of piperidine rings is 1. The Hall–Kier alpha value is -1.02. The van der Waals surface area contributed by atoms with Gasteiger partial charge in [0, 0.05) is 52.0 Å². The van der Waals surface area contributed by atoms with E-state index in [9.17, 15) is 8.42 Å². The summed E-state index contributed by atoms with van der Waals surface area (Å²) in [5, 5.41) is 0. The van der Waals surface area contributed by atoms with Gasteiger partial charge in [-0.25, -0.2) is 0 Å². The SMILES string of the molecule is C[C@H]1CCCN(S(=O)(=O)N2CCN(Cc3ccccn3)CC2)C1. The predicted molar refractivity (Wildman–Crippen MR) is 90.0 cm³/mol. The average Bonchev–Trinajstić information content (AvgIpc) is 2.56. The molecule has 0 bridgehead atoms. The minimum atomic E-state index is -3.29. The lowest BCUT2D eigenvalue weighted by Gasteiger charge is -2.38. The second-order valence-corrected chi connectivity index (χ2v) is 8.54. The maximum absolute atomic E-state index is 12.8. The molecule has 23 heavy (non-hydrogen) atoms. The fourth-order valence-corrected chi connectivity index (χ4v) is 5.11. The van der Waals surface area contributed by atoms with Crippen molar-refractivity contribution >= 4 is 10.2 Å². The van der Waals surface area contributed by atoms with E-state index in [1.807, 2.05) is 18.2 Å². The molecule has 0 saturated carbocycles. The van der Waals surface area contributed by atoms with E-state index in [0.29, 0.717) is 32.1 Å². The van der Waals surface area contributed by atoms with Crippen molar-refractivity contribution in [2.24, 2.45) is 5.92 Å². The number of nitrogens with zero attached hydrogens (tertiary/aromatic N) is 4. The normalized spacial score (nSPS) is 25.5. The summed E-state index contributed by atoms with van der Waals surface area (Å²) in [6.45, 7) is 6.91. The predicted octanol–water partition coefficient (Wildman–Crippen LogP) is 1.18. The largest absolute Gasteiger partial charge is 0.295 e. The number of aromatic nitrogens is 1. The van der Waals surface area contributed by atoms with Gasteiger partial charge in [-0.15, -0.1) is 0 Å². The first-order valence-electron chi connectivity index (χ1n) is 8.43. The van der Waals surface area contributed by atoms with Crippen LogP contribution in [0.15, 0.2) is 24.4 Å². The number of hydrogen-bond donors (Lipinski definition) is 0. The maximum Gasteiger partial charge on any atom is 0.282 e. The Labute approximate surface area is 139 Å². The standard InChI is InChI=1S/C16H26N4O2S/c1-15-5-4-8-20(13-15)23(21,22)19-11-9-18(10-12-19)14-16-6-2-3-7-17-16/h2-3,6-7,15H,4-5,8-14H2,1H3/t15-/m0/s1. The van der Waals surface area contributed by atoms with Gasteiger partial charge in [0.25, 0.3) is 10.2 Å². The van der Waals surface area contributed by atoms with Crippen molar-refractivity contribution in [3.05, 3.63) is 30.1 Å². The topological polar surface area (TPSA) is 56.8 Å². The lowest BCUT2D eigenvalue weighted by atomic mass is 10.0. The Morgan fingerprint density at radius 3 is 2.57 bits per heavy atom. The summed E-state index contributed by atoms with van der Waals surface area (Å²) in [6.07, 6.45) is 3.90. The van der Waals surface area contributed by atoms with E-state index in [1.165, 1.54) is 0 Å². The highest BCUT2D eigenvalue weighted by molar-refractivity contribution is 7.86. The monoisotopic (exact) mass is 338 g/mol. The van der Waals surface area contributed by atoms with Crippen LogP contribution >= 0.6 is 0 Å². The third-order valence-corrected chi connectivity index (χ3v) is 6.72. The molecule has 2 aliphatic heterocycles. The summed E-state index contributed by atoms with van der Waals surface area (Å²) in [5.74, 6) is 0.462. The molecule has 1 atom stereocenters. The van der Waals surface area contributed by atoms with Crippen molar-refractivity contribution in [2.75, 3.05) is 39.3 Å². The highest BCUT2D eigenvalue weighted by Crippen LogP contribution is 2.21. The minimum Gasteiger partial charge on any atom is -0.295 e. The van der Waals surface area contributed by atoms with Crippen LogP contribution in [0.25, 0.3) is 0 Å². The minimum absolute atomic E-state index is 0.462. The van der Waals surface area contributed by atoms with Crippen LogP contribution in [0.2, 0.25) is 0 Å². The summed E-state index contributed by atoms with van der Waals surface area (Å²) in [5.41, 5.74) is 1.04. The third-order valence-electron chi connectivity index (χ3n) is 4.72. The van der Waals surface area contributed by atoms with Gasteiger partial charge in [-0.3, -0.25) is 9.88 Å². The smallest absolute Gasteiger partial charge is 0.282 e. The van der Waals surface area contributed by atoms with E-state index in [4.69, 9.17) is 0 Å². The molecule has 128 valence electrons. The van der Waals surface area contributed by atoms with Crippen LogP contribution in [-0.4, -0.2) is 66.2 Å². The van der Waals surface area contributed by atoms with Gasteiger partial charge < -0.3 is 0 Å². The molecule has 0 unspecified atom stereocenters. The third kappa shape index (κ3) is 4.09. The fraction of sp³-hybridized carbons (Fsp3) is 0.688. The molecule has 0 N–H and O–H groups in total. The molecule has 3 rings (SSSR count). The molecule has 3 heterocycles. The molecule has 0 aliphatic carbocycles. The van der Waals surface area contributed by atoms with Gasteiger partial charge in [0.05, 0.1) is 5.69 Å². The fourth-order valence-electron chi connectivity index (χ4n) is 3.36. The Bertz CT molecular complexity index is 600. The summed E-state index contributed by atoms with van der Waals surface area (Å²) in [6, 6.07) is 5.91. The molecular weight excluding hydrogens is 312 g/mol. The zero-order valence-corrected chi connectivity index (χ0v) is 14.6. The zero-order chi connectivity index (χ0) is 16.3. The van der Waals surface area contributed by atoms with E-state index < -0.39 is 10.2 Å². The molecule has 1 aromatic heterocycles. The molecule has 0 amide bonds. The molecule has 2 aliphatic rings. The van der Waals surface area contributed by atoms with Gasteiger partial charge in [0.1, 0.15) is 0 Å². The van der Waals surface area contributed by atoms with Crippen LogP contribution in [-0.2, 0) is 16.8 Å². The maximum atomic E-state index is 12.8. The molecule has 0 spiro atoms. The van der Waals surface area contributed by atoms with Crippen LogP contribution < -0.4 is 0 Å². The summed E-state index contributed by atoms with van der Waals surface area (Å²) < 4.78 is 28.9. The van der Waals surface area contributed by atoms with Crippen molar-refractivity contribution in [3.63, 3.8) is 0 Å². The van der Waals surface area contributed by atoms with Crippen molar-refractivity contribution in [3.8, 4) is 0 Å². The Balaban J connectivity index is 1.55. The summed E-state index contributed by atoms with van der Waals surface area (Å²) >= 11 is 0. The molecule has 2 saturated heterocycles.